The largest absolute Gasteiger partial charge is 0.416 e. The molecule has 1 amide bonds. The second-order valence-corrected chi connectivity index (χ2v) is 8.21. The first-order valence-electron chi connectivity index (χ1n) is 9.81. The fourth-order valence-corrected chi connectivity index (χ4v) is 4.10. The summed E-state index contributed by atoms with van der Waals surface area (Å²) in [5.41, 5.74) is 0.731. The van der Waals surface area contributed by atoms with Crippen LogP contribution in [0.2, 0.25) is 0 Å². The highest BCUT2D eigenvalue weighted by Crippen LogP contribution is 2.29. The Bertz CT molecular complexity index is 1320. The van der Waals surface area contributed by atoms with Crippen LogP contribution in [0.4, 0.5) is 13.2 Å². The summed E-state index contributed by atoms with van der Waals surface area (Å²) in [6.45, 7) is 2.10. The summed E-state index contributed by atoms with van der Waals surface area (Å²) in [6, 6.07) is 8.27. The monoisotopic (exact) mass is 473 g/mol. The van der Waals surface area contributed by atoms with Crippen molar-refractivity contribution in [1.29, 1.82) is 0 Å². The molecule has 33 heavy (non-hydrogen) atoms. The zero-order valence-electron chi connectivity index (χ0n) is 17.3. The third kappa shape index (κ3) is 5.03. The molecule has 0 aliphatic heterocycles. The van der Waals surface area contributed by atoms with Gasteiger partial charge in [-0.3, -0.25) is 14.3 Å². The lowest BCUT2D eigenvalue weighted by Gasteiger charge is -2.07. The molecule has 0 radical (unpaired) electrons. The van der Waals surface area contributed by atoms with Crippen LogP contribution in [0, 0.1) is 6.92 Å². The maximum atomic E-state index is 12.8. The molecule has 4 aromatic rings. The molecule has 3 aromatic heterocycles. The summed E-state index contributed by atoms with van der Waals surface area (Å²) in [7, 11) is 0. The number of rotatable bonds is 6. The molecular formula is C22H18F3N5O2S. The summed E-state index contributed by atoms with van der Waals surface area (Å²) >= 11 is 1.08. The minimum absolute atomic E-state index is 0.104. The van der Waals surface area contributed by atoms with E-state index in [1.54, 1.807) is 25.4 Å². The lowest BCUT2D eigenvalue weighted by atomic mass is 10.1. The minimum atomic E-state index is -4.41. The Morgan fingerprint density at radius 1 is 1.12 bits per heavy atom. The number of amides is 1. The Balaban J connectivity index is 1.49. The second kappa shape index (κ2) is 9.02. The van der Waals surface area contributed by atoms with E-state index in [1.165, 1.54) is 33.7 Å². The zero-order chi connectivity index (χ0) is 23.6. The number of carbonyl (C=O) groups excluding carboxylic acids is 1. The normalized spacial score (nSPS) is 11.5. The number of benzene rings is 1. The van der Waals surface area contributed by atoms with Crippen molar-refractivity contribution in [2.45, 2.75) is 26.2 Å². The number of hydrogen-bond acceptors (Lipinski definition) is 5. The lowest BCUT2D eigenvalue weighted by molar-refractivity contribution is -0.137. The van der Waals surface area contributed by atoms with Gasteiger partial charge < -0.3 is 5.32 Å². The molecule has 0 aliphatic rings. The molecule has 3 heterocycles. The van der Waals surface area contributed by atoms with Crippen LogP contribution in [0.1, 0.15) is 32.1 Å². The predicted molar refractivity (Wildman–Crippen MR) is 116 cm³/mol. The van der Waals surface area contributed by atoms with Crippen molar-refractivity contribution in [3.05, 3.63) is 98.9 Å². The Hall–Kier alpha value is -3.73. The number of aryl methyl sites for hydroxylation is 1. The topological polar surface area (TPSA) is 81.8 Å². The van der Waals surface area contributed by atoms with E-state index in [9.17, 15) is 22.8 Å². The number of nitrogens with one attached hydrogen (secondary N) is 1. The molecule has 0 saturated carbocycles. The minimum Gasteiger partial charge on any atom is -0.347 e. The Morgan fingerprint density at radius 2 is 1.88 bits per heavy atom. The van der Waals surface area contributed by atoms with Crippen LogP contribution in [0.3, 0.4) is 0 Å². The van der Waals surface area contributed by atoms with E-state index >= 15 is 0 Å². The van der Waals surface area contributed by atoms with Gasteiger partial charge in [0.1, 0.15) is 4.88 Å². The average Bonchev–Trinajstić information content (AvgIpc) is 3.35. The van der Waals surface area contributed by atoms with E-state index in [4.69, 9.17) is 0 Å². The van der Waals surface area contributed by atoms with Crippen LogP contribution < -0.4 is 11.0 Å². The molecule has 170 valence electrons. The summed E-state index contributed by atoms with van der Waals surface area (Å²) in [5.74, 6) is -0.308. The van der Waals surface area contributed by atoms with E-state index in [1.807, 2.05) is 6.07 Å². The number of hydrogen-bond donors (Lipinski definition) is 1. The smallest absolute Gasteiger partial charge is 0.347 e. The fraction of sp³-hybridized carbons (Fsp3) is 0.182. The van der Waals surface area contributed by atoms with Crippen LogP contribution >= 0.6 is 11.3 Å². The number of carbonyl (C=O) groups is 1. The van der Waals surface area contributed by atoms with Gasteiger partial charge in [0, 0.05) is 31.3 Å². The number of imidazole rings is 1. The second-order valence-electron chi connectivity index (χ2n) is 7.23. The van der Waals surface area contributed by atoms with E-state index in [-0.39, 0.29) is 12.5 Å². The van der Waals surface area contributed by atoms with Crippen molar-refractivity contribution >= 4 is 17.2 Å². The summed E-state index contributed by atoms with van der Waals surface area (Å²) < 4.78 is 40.9. The van der Waals surface area contributed by atoms with Crippen LogP contribution in [-0.2, 0) is 19.3 Å². The van der Waals surface area contributed by atoms with Crippen molar-refractivity contribution in [3.8, 4) is 5.13 Å². The molecule has 0 unspecified atom stereocenters. The Labute approximate surface area is 190 Å². The Morgan fingerprint density at radius 3 is 2.55 bits per heavy atom. The van der Waals surface area contributed by atoms with Crippen LogP contribution in [-0.4, -0.2) is 25.0 Å². The highest BCUT2D eigenvalue weighted by molar-refractivity contribution is 7.16. The number of alkyl halides is 3. The van der Waals surface area contributed by atoms with Crippen molar-refractivity contribution in [1.82, 2.24) is 24.4 Å². The van der Waals surface area contributed by atoms with Crippen molar-refractivity contribution < 1.29 is 18.0 Å². The van der Waals surface area contributed by atoms with Gasteiger partial charge in [-0.25, -0.2) is 14.3 Å². The molecule has 1 N–H and O–H groups in total. The van der Waals surface area contributed by atoms with E-state index in [0.29, 0.717) is 27.8 Å². The molecule has 1 aromatic carbocycles. The number of nitrogens with zero attached hydrogens (tertiary/aromatic N) is 4. The number of aromatic nitrogens is 4. The standard InChI is InChI=1S/C22H18F3N5O2S/c1-14-18(19(31)27-12-16-3-2-8-26-11-16)33-20(28-14)30-10-9-29(21(30)32)13-15-4-6-17(7-5-15)22(23,24)25/h2-11H,12-13H2,1H3,(H,27,31). The van der Waals surface area contributed by atoms with Gasteiger partial charge in [0.05, 0.1) is 17.8 Å². The molecule has 0 spiro atoms. The van der Waals surface area contributed by atoms with Gasteiger partial charge in [-0.05, 0) is 36.2 Å². The number of thiazole rings is 1. The molecular weight excluding hydrogens is 455 g/mol. The van der Waals surface area contributed by atoms with Gasteiger partial charge in [0.25, 0.3) is 5.91 Å². The molecule has 0 atom stereocenters. The lowest BCUT2D eigenvalue weighted by Crippen LogP contribution is -2.23. The van der Waals surface area contributed by atoms with Crippen LogP contribution in [0.15, 0.2) is 66.0 Å². The quantitative estimate of drug-likeness (QED) is 0.462. The maximum Gasteiger partial charge on any atom is 0.416 e. The van der Waals surface area contributed by atoms with Crippen molar-refractivity contribution in [2.24, 2.45) is 0 Å². The van der Waals surface area contributed by atoms with Gasteiger partial charge in [-0.2, -0.15) is 13.2 Å². The summed E-state index contributed by atoms with van der Waals surface area (Å²) in [6.07, 6.45) is 1.93. The average molecular weight is 473 g/mol. The van der Waals surface area contributed by atoms with Crippen LogP contribution in [0.25, 0.3) is 5.13 Å². The van der Waals surface area contributed by atoms with Gasteiger partial charge in [0.15, 0.2) is 5.13 Å². The first-order chi connectivity index (χ1) is 15.7. The SMILES string of the molecule is Cc1nc(-n2ccn(Cc3ccc(C(F)(F)F)cc3)c2=O)sc1C(=O)NCc1cccnc1. The zero-order valence-corrected chi connectivity index (χ0v) is 18.2. The summed E-state index contributed by atoms with van der Waals surface area (Å²) in [5, 5.41) is 3.14. The van der Waals surface area contributed by atoms with E-state index < -0.39 is 17.4 Å². The highest BCUT2D eigenvalue weighted by atomic mass is 32.1. The van der Waals surface area contributed by atoms with Crippen LogP contribution in [0.5, 0.6) is 0 Å². The first kappa shape index (κ1) is 22.5. The maximum absolute atomic E-state index is 12.8. The van der Waals surface area contributed by atoms with Crippen molar-refractivity contribution in [3.63, 3.8) is 0 Å². The molecule has 0 bridgehead atoms. The molecule has 0 aliphatic carbocycles. The van der Waals surface area contributed by atoms with Gasteiger partial charge in [-0.15, -0.1) is 0 Å². The molecule has 0 saturated heterocycles. The first-order valence-corrected chi connectivity index (χ1v) is 10.6. The molecule has 4 rings (SSSR count). The van der Waals surface area contributed by atoms with Gasteiger partial charge >= 0.3 is 11.9 Å². The molecule has 0 fully saturated rings. The number of halogens is 3. The van der Waals surface area contributed by atoms with Gasteiger partial charge in [-0.1, -0.05) is 29.5 Å². The number of pyridine rings is 1. The van der Waals surface area contributed by atoms with Gasteiger partial charge in [0.2, 0.25) is 0 Å². The van der Waals surface area contributed by atoms with E-state index in [2.05, 4.69) is 15.3 Å². The van der Waals surface area contributed by atoms with Crippen molar-refractivity contribution in [2.75, 3.05) is 0 Å². The third-order valence-corrected chi connectivity index (χ3v) is 6.01. The fourth-order valence-electron chi connectivity index (χ4n) is 3.14. The Kier molecular flexibility index (Phi) is 6.14. The molecule has 11 heteroatoms. The predicted octanol–water partition coefficient (Wildman–Crippen LogP) is 3.80. The highest BCUT2D eigenvalue weighted by Gasteiger charge is 2.30. The third-order valence-electron chi connectivity index (χ3n) is 4.86. The molecule has 7 nitrogen and oxygen atoms in total. The summed E-state index contributed by atoms with van der Waals surface area (Å²) in [4.78, 5) is 34.1. The van der Waals surface area contributed by atoms with E-state index in [0.717, 1.165) is 29.0 Å².